The van der Waals surface area contributed by atoms with Gasteiger partial charge in [0.25, 0.3) is 0 Å². The van der Waals surface area contributed by atoms with Gasteiger partial charge < -0.3 is 0 Å². The maximum atomic E-state index is 5.04. The molecule has 4 aromatic carbocycles. The molecule has 0 atom stereocenters. The molecular formula is C44H34N4S2. The lowest BCUT2D eigenvalue weighted by Gasteiger charge is -2.26. The van der Waals surface area contributed by atoms with E-state index in [0.717, 1.165) is 72.9 Å². The van der Waals surface area contributed by atoms with Crippen LogP contribution in [0.5, 0.6) is 0 Å². The van der Waals surface area contributed by atoms with Crippen LogP contribution >= 0.6 is 23.1 Å². The van der Waals surface area contributed by atoms with Gasteiger partial charge in [-0.25, -0.2) is 19.9 Å². The Balaban J connectivity index is 1.09. The number of aromatic nitrogens is 4. The lowest BCUT2D eigenvalue weighted by atomic mass is 9.77. The molecule has 0 saturated carbocycles. The molecule has 0 fully saturated rings. The molecule has 0 amide bonds. The maximum absolute atomic E-state index is 5.04. The van der Waals surface area contributed by atoms with Crippen LogP contribution in [0.2, 0.25) is 0 Å². The average molecular weight is 683 g/mol. The Morgan fingerprint density at radius 1 is 0.520 bits per heavy atom. The van der Waals surface area contributed by atoms with E-state index in [1.54, 1.807) is 23.1 Å². The predicted molar refractivity (Wildman–Crippen MR) is 211 cm³/mol. The van der Waals surface area contributed by atoms with Crippen molar-refractivity contribution in [2.75, 3.05) is 0 Å². The van der Waals surface area contributed by atoms with Crippen molar-refractivity contribution in [3.05, 3.63) is 173 Å². The van der Waals surface area contributed by atoms with Gasteiger partial charge in [-0.15, -0.1) is 11.3 Å². The first-order valence-electron chi connectivity index (χ1n) is 16.7. The summed E-state index contributed by atoms with van der Waals surface area (Å²) in [5.74, 6) is 1.45. The fraction of sp³-hybridized carbons (Fsp3) is 0.0909. The van der Waals surface area contributed by atoms with Crippen LogP contribution in [0.4, 0.5) is 0 Å². The zero-order valence-corrected chi connectivity index (χ0v) is 29.5. The topological polar surface area (TPSA) is 51.6 Å². The Morgan fingerprint density at radius 2 is 1.04 bits per heavy atom. The highest BCUT2D eigenvalue weighted by Crippen LogP contribution is 2.37. The van der Waals surface area contributed by atoms with Crippen molar-refractivity contribution in [3.8, 4) is 55.9 Å². The molecule has 7 aromatic rings. The summed E-state index contributed by atoms with van der Waals surface area (Å²) < 4.78 is 0. The predicted octanol–water partition coefficient (Wildman–Crippen LogP) is 12.0. The van der Waals surface area contributed by atoms with Gasteiger partial charge in [0.05, 0.1) is 27.7 Å². The van der Waals surface area contributed by atoms with Gasteiger partial charge in [-0.3, -0.25) is 0 Å². The summed E-state index contributed by atoms with van der Waals surface area (Å²) in [6, 6.07) is 46.4. The third-order valence-electron chi connectivity index (χ3n) is 9.08. The normalized spacial score (nSPS) is 12.9. The smallest absolute Gasteiger partial charge is 0.160 e. The summed E-state index contributed by atoms with van der Waals surface area (Å²) in [5, 5.41) is 4.22. The van der Waals surface area contributed by atoms with Crippen LogP contribution in [-0.2, 0) is 5.41 Å². The minimum atomic E-state index is -0.236. The van der Waals surface area contributed by atoms with E-state index in [2.05, 4.69) is 146 Å². The molecule has 0 N–H and O–H groups in total. The molecule has 0 aliphatic carbocycles. The van der Waals surface area contributed by atoms with E-state index in [9.17, 15) is 0 Å². The molecule has 4 heterocycles. The van der Waals surface area contributed by atoms with Crippen molar-refractivity contribution in [1.82, 2.24) is 19.9 Å². The van der Waals surface area contributed by atoms with E-state index < -0.39 is 0 Å². The summed E-state index contributed by atoms with van der Waals surface area (Å²) in [7, 11) is 0. The molecule has 0 saturated heterocycles. The Bertz CT molecular complexity index is 2310. The maximum Gasteiger partial charge on any atom is 0.160 e. The molecule has 6 heteroatoms. The first kappa shape index (κ1) is 31.8. The third-order valence-corrected chi connectivity index (χ3v) is 10.9. The van der Waals surface area contributed by atoms with Crippen LogP contribution in [0.3, 0.4) is 0 Å². The first-order valence-corrected chi connectivity index (χ1v) is 18.4. The number of thioether (sulfide) groups is 1. The highest BCUT2D eigenvalue weighted by atomic mass is 32.2. The molecule has 0 spiro atoms. The standard InChI is InChI=1S/C44H34N4S2/c1-44(2,35-24-20-33(21-25-35)43-46-37(31-14-7-4-8-15-31)29-39(48-43)41-17-11-27-50-41)34-22-18-32(19-23-34)42-45-36(30-12-5-3-6-13-30)28-38(47-42)40-16-9-10-26-49-40/h3-8,10-29H,9H2,1-2H3. The van der Waals surface area contributed by atoms with E-state index in [-0.39, 0.29) is 5.41 Å². The Labute approximate surface area is 301 Å². The summed E-state index contributed by atoms with van der Waals surface area (Å²) in [4.78, 5) is 22.4. The number of rotatable bonds is 8. The lowest BCUT2D eigenvalue weighted by Crippen LogP contribution is -2.18. The van der Waals surface area contributed by atoms with Crippen molar-refractivity contribution in [3.63, 3.8) is 0 Å². The highest BCUT2D eigenvalue weighted by molar-refractivity contribution is 8.10. The number of allylic oxidation sites excluding steroid dienone is 2. The van der Waals surface area contributed by atoms with E-state index in [0.29, 0.717) is 0 Å². The molecule has 8 rings (SSSR count). The summed E-state index contributed by atoms with van der Waals surface area (Å²) in [6.07, 6.45) is 5.31. The van der Waals surface area contributed by atoms with Gasteiger partial charge in [-0.1, -0.05) is 153 Å². The molecule has 0 bridgehead atoms. The van der Waals surface area contributed by atoms with Crippen molar-refractivity contribution in [2.24, 2.45) is 0 Å². The molecule has 0 radical (unpaired) electrons. The largest absolute Gasteiger partial charge is 0.228 e. The summed E-state index contributed by atoms with van der Waals surface area (Å²) >= 11 is 3.40. The zero-order valence-electron chi connectivity index (χ0n) is 27.8. The van der Waals surface area contributed by atoms with Gasteiger partial charge in [0.1, 0.15) is 0 Å². The van der Waals surface area contributed by atoms with Crippen LogP contribution in [0.25, 0.3) is 60.8 Å². The molecule has 0 unspecified atom stereocenters. The number of thiophene rings is 1. The average Bonchev–Trinajstić information content (AvgIpc) is 3.74. The van der Waals surface area contributed by atoms with Crippen LogP contribution < -0.4 is 0 Å². The van der Waals surface area contributed by atoms with Gasteiger partial charge in [-0.05, 0) is 46.5 Å². The Kier molecular flexibility index (Phi) is 8.80. The van der Waals surface area contributed by atoms with Crippen LogP contribution in [0, 0.1) is 0 Å². The Hall–Kier alpha value is -5.43. The molecule has 4 nitrogen and oxygen atoms in total. The SMILES string of the molecule is CC(C)(c1ccc(-c2nc(C3=CCC=CS3)cc(-c3ccccc3)n2)cc1)c1ccc(-c2nc(-c3ccccc3)cc(-c3cccs3)n2)cc1. The summed E-state index contributed by atoms with van der Waals surface area (Å²) in [6.45, 7) is 4.53. The summed E-state index contributed by atoms with van der Waals surface area (Å²) in [5.41, 5.74) is 10.1. The van der Waals surface area contributed by atoms with Gasteiger partial charge in [0.15, 0.2) is 11.6 Å². The van der Waals surface area contributed by atoms with Crippen LogP contribution in [0.15, 0.2) is 156 Å². The number of hydrogen-bond donors (Lipinski definition) is 0. The quantitative estimate of drug-likeness (QED) is 0.160. The third kappa shape index (κ3) is 6.60. The number of hydrogen-bond acceptors (Lipinski definition) is 6. The van der Waals surface area contributed by atoms with E-state index in [1.165, 1.54) is 11.1 Å². The number of benzene rings is 4. The molecular weight excluding hydrogens is 649 g/mol. The molecule has 50 heavy (non-hydrogen) atoms. The van der Waals surface area contributed by atoms with Crippen molar-refractivity contribution in [2.45, 2.75) is 25.7 Å². The fourth-order valence-electron chi connectivity index (χ4n) is 6.15. The van der Waals surface area contributed by atoms with Crippen molar-refractivity contribution >= 4 is 28.0 Å². The minimum absolute atomic E-state index is 0.236. The van der Waals surface area contributed by atoms with Crippen LogP contribution in [0.1, 0.15) is 37.1 Å². The van der Waals surface area contributed by atoms with E-state index >= 15 is 0 Å². The molecule has 1 aliphatic heterocycles. The monoisotopic (exact) mass is 682 g/mol. The minimum Gasteiger partial charge on any atom is -0.228 e. The highest BCUT2D eigenvalue weighted by Gasteiger charge is 2.24. The van der Waals surface area contributed by atoms with Gasteiger partial charge in [-0.2, -0.15) is 0 Å². The van der Waals surface area contributed by atoms with Crippen molar-refractivity contribution in [1.29, 1.82) is 0 Å². The van der Waals surface area contributed by atoms with Gasteiger partial charge >= 0.3 is 0 Å². The molecule has 242 valence electrons. The van der Waals surface area contributed by atoms with E-state index in [1.807, 2.05) is 24.3 Å². The molecule has 3 aromatic heterocycles. The van der Waals surface area contributed by atoms with Gasteiger partial charge in [0.2, 0.25) is 0 Å². The second kappa shape index (κ2) is 13.8. The number of nitrogens with zero attached hydrogens (tertiary/aromatic N) is 4. The molecule has 1 aliphatic rings. The Morgan fingerprint density at radius 3 is 1.54 bits per heavy atom. The zero-order chi connectivity index (χ0) is 33.9. The van der Waals surface area contributed by atoms with E-state index in [4.69, 9.17) is 19.9 Å². The first-order chi connectivity index (χ1) is 24.5. The van der Waals surface area contributed by atoms with Crippen molar-refractivity contribution < 1.29 is 0 Å². The van der Waals surface area contributed by atoms with Crippen LogP contribution in [-0.4, -0.2) is 19.9 Å². The second-order valence-electron chi connectivity index (χ2n) is 12.7. The fourth-order valence-corrected chi connectivity index (χ4v) is 7.60. The second-order valence-corrected chi connectivity index (χ2v) is 14.6. The lowest BCUT2D eigenvalue weighted by molar-refractivity contribution is 0.641. The van der Waals surface area contributed by atoms with Gasteiger partial charge in [0, 0.05) is 32.6 Å².